The van der Waals surface area contributed by atoms with Crippen LogP contribution in [0.1, 0.15) is 47.0 Å². The highest BCUT2D eigenvalue weighted by Gasteiger charge is 2.06. The number of likely N-dealkylation sites (N-methyl/N-ethyl adjacent to an activating group) is 2. The fourth-order valence-corrected chi connectivity index (χ4v) is 4.26. The molecule has 0 unspecified atom stereocenters. The van der Waals surface area contributed by atoms with E-state index >= 15 is 0 Å². The first-order valence-corrected chi connectivity index (χ1v) is 16.4. The Morgan fingerprint density at radius 1 is 0.375 bits per heavy atom. The first kappa shape index (κ1) is 41.7. The zero-order chi connectivity index (χ0) is 29.9. The predicted molar refractivity (Wildman–Crippen MR) is 177 cm³/mol. The van der Waals surface area contributed by atoms with Crippen LogP contribution in [0.3, 0.4) is 0 Å². The number of unbranched alkanes of at least 4 members (excludes halogenated alkanes) is 1. The Labute approximate surface area is 249 Å². The maximum absolute atomic E-state index is 5.57. The summed E-state index contributed by atoms with van der Waals surface area (Å²) in [6.07, 6.45) is 3.71. The van der Waals surface area contributed by atoms with Crippen LogP contribution in [-0.4, -0.2) is 159 Å². The molecule has 0 aromatic heterocycles. The van der Waals surface area contributed by atoms with Crippen LogP contribution in [0.5, 0.6) is 0 Å². The number of nitrogens with one attached hydrogen (secondary N) is 5. The second-order valence-corrected chi connectivity index (χ2v) is 10.2. The number of hydrogen-bond donors (Lipinski definition) is 8. The molecule has 244 valence electrons. The summed E-state index contributed by atoms with van der Waals surface area (Å²) in [6, 6.07) is 0. The Morgan fingerprint density at radius 2 is 0.775 bits per heavy atom. The average Bonchev–Trinajstić information content (AvgIpc) is 2.95. The van der Waals surface area contributed by atoms with Crippen LogP contribution in [-0.2, 0) is 0 Å². The second kappa shape index (κ2) is 36.6. The van der Waals surface area contributed by atoms with Crippen molar-refractivity contribution >= 4 is 0 Å². The molecule has 0 saturated carbocycles. The second-order valence-electron chi connectivity index (χ2n) is 10.2. The predicted octanol–water partition coefficient (Wildman–Crippen LogP) is -1.05. The van der Waals surface area contributed by atoms with E-state index in [0.29, 0.717) is 6.54 Å². The van der Waals surface area contributed by atoms with Crippen LogP contribution in [0.2, 0.25) is 0 Å². The monoisotopic (exact) mass is 576 g/mol. The van der Waals surface area contributed by atoms with Gasteiger partial charge in [0.05, 0.1) is 0 Å². The highest BCUT2D eigenvalue weighted by Crippen LogP contribution is 1.93. The number of nitrogens with two attached hydrogens (primary N) is 3. The largest absolute Gasteiger partial charge is 0.329 e. The molecule has 11 N–H and O–H groups in total. The standard InChI is InChI=1S/C21H52N8.C8H21N3/c1-4-16-28(17-11-24-6-3)18-14-27-15-21-29(19-12-25-8-7-22)20-13-26-10-9-23-5-2;1-2-3-6-11(7-4-9)8-5-10/h23-27H,4-22H2,1-3H3;2-10H2,1H3. The van der Waals surface area contributed by atoms with Gasteiger partial charge in [0.1, 0.15) is 0 Å². The molecule has 0 aromatic carbocycles. The molecule has 0 rings (SSSR count). The van der Waals surface area contributed by atoms with Gasteiger partial charge in [-0.1, -0.05) is 34.1 Å². The van der Waals surface area contributed by atoms with Crippen molar-refractivity contribution in [1.29, 1.82) is 0 Å². The van der Waals surface area contributed by atoms with Crippen molar-refractivity contribution in [3.8, 4) is 0 Å². The van der Waals surface area contributed by atoms with Gasteiger partial charge >= 0.3 is 0 Å². The zero-order valence-corrected chi connectivity index (χ0v) is 27.3. The Kier molecular flexibility index (Phi) is 38.1. The summed E-state index contributed by atoms with van der Waals surface area (Å²) in [5.41, 5.74) is 16.5. The van der Waals surface area contributed by atoms with Gasteiger partial charge in [-0.05, 0) is 39.0 Å². The minimum Gasteiger partial charge on any atom is -0.329 e. The van der Waals surface area contributed by atoms with Crippen LogP contribution < -0.4 is 43.8 Å². The van der Waals surface area contributed by atoms with Crippen LogP contribution >= 0.6 is 0 Å². The Morgan fingerprint density at radius 3 is 1.23 bits per heavy atom. The third-order valence-electron chi connectivity index (χ3n) is 6.58. The minimum absolute atomic E-state index is 0.704. The van der Waals surface area contributed by atoms with Crippen LogP contribution in [0.25, 0.3) is 0 Å². The van der Waals surface area contributed by atoms with E-state index in [1.807, 2.05) is 0 Å². The van der Waals surface area contributed by atoms with E-state index in [9.17, 15) is 0 Å². The van der Waals surface area contributed by atoms with Gasteiger partial charge in [-0.15, -0.1) is 0 Å². The van der Waals surface area contributed by atoms with Gasteiger partial charge in [-0.25, -0.2) is 0 Å². The molecule has 0 heterocycles. The lowest BCUT2D eigenvalue weighted by Gasteiger charge is -2.24. The number of hydrogen-bond acceptors (Lipinski definition) is 11. The normalized spacial score (nSPS) is 11.6. The molecular weight excluding hydrogens is 502 g/mol. The van der Waals surface area contributed by atoms with Crippen molar-refractivity contribution in [2.75, 3.05) is 144 Å². The third kappa shape index (κ3) is 32.1. The Bertz CT molecular complexity index is 440. The molecule has 11 nitrogen and oxygen atoms in total. The molecule has 0 fully saturated rings. The van der Waals surface area contributed by atoms with E-state index in [1.165, 1.54) is 25.8 Å². The smallest absolute Gasteiger partial charge is 0.0108 e. The van der Waals surface area contributed by atoms with E-state index in [2.05, 4.69) is 69.0 Å². The van der Waals surface area contributed by atoms with Gasteiger partial charge in [0.2, 0.25) is 0 Å². The van der Waals surface area contributed by atoms with Gasteiger partial charge in [0.15, 0.2) is 0 Å². The fraction of sp³-hybridized carbons (Fsp3) is 1.00. The van der Waals surface area contributed by atoms with Gasteiger partial charge in [-0.3, -0.25) is 4.90 Å². The molecule has 0 aromatic rings. The lowest BCUT2D eigenvalue weighted by molar-refractivity contribution is 0.257. The van der Waals surface area contributed by atoms with Gasteiger partial charge < -0.3 is 53.6 Å². The highest BCUT2D eigenvalue weighted by molar-refractivity contribution is 4.66. The van der Waals surface area contributed by atoms with Crippen LogP contribution in [0.4, 0.5) is 0 Å². The first-order chi connectivity index (χ1) is 19.6. The summed E-state index contributed by atoms with van der Waals surface area (Å²) >= 11 is 0. The molecule has 0 bridgehead atoms. The summed E-state index contributed by atoms with van der Waals surface area (Å²) in [5, 5.41) is 17.4. The fourth-order valence-electron chi connectivity index (χ4n) is 4.26. The molecule has 0 amide bonds. The summed E-state index contributed by atoms with van der Waals surface area (Å²) < 4.78 is 0. The molecule has 0 aliphatic heterocycles. The Balaban J connectivity index is 0. The van der Waals surface area contributed by atoms with Crippen molar-refractivity contribution < 1.29 is 0 Å². The lowest BCUT2D eigenvalue weighted by atomic mass is 10.3. The van der Waals surface area contributed by atoms with Crippen LogP contribution in [0, 0.1) is 0 Å². The molecule has 0 aliphatic rings. The maximum atomic E-state index is 5.57. The highest BCUT2D eigenvalue weighted by atomic mass is 15.2. The van der Waals surface area contributed by atoms with E-state index in [1.54, 1.807) is 0 Å². The van der Waals surface area contributed by atoms with Gasteiger partial charge in [0, 0.05) is 118 Å². The van der Waals surface area contributed by atoms with E-state index in [0.717, 1.165) is 131 Å². The summed E-state index contributed by atoms with van der Waals surface area (Å²) in [5.74, 6) is 0. The molecule has 0 radical (unpaired) electrons. The molecule has 11 heteroatoms. The van der Waals surface area contributed by atoms with Gasteiger partial charge in [0.25, 0.3) is 0 Å². The maximum Gasteiger partial charge on any atom is 0.0108 e. The van der Waals surface area contributed by atoms with E-state index < -0.39 is 0 Å². The Hall–Kier alpha value is -0.440. The molecule has 0 saturated heterocycles. The number of rotatable bonds is 31. The van der Waals surface area contributed by atoms with E-state index in [-0.39, 0.29) is 0 Å². The number of nitrogens with zero attached hydrogens (tertiary/aromatic N) is 3. The zero-order valence-electron chi connectivity index (χ0n) is 27.3. The topological polar surface area (TPSA) is 148 Å². The van der Waals surface area contributed by atoms with Crippen molar-refractivity contribution in [3.63, 3.8) is 0 Å². The molecular formula is C29H73N11. The van der Waals surface area contributed by atoms with E-state index in [4.69, 9.17) is 17.2 Å². The SMILES string of the molecule is CCCCN(CCN)CCN.CCCN(CCNCC)CCNCCN(CCNCCN)CCNCCNCC. The minimum atomic E-state index is 0.704. The summed E-state index contributed by atoms with van der Waals surface area (Å²) in [7, 11) is 0. The molecule has 40 heavy (non-hydrogen) atoms. The summed E-state index contributed by atoms with van der Waals surface area (Å²) in [6.45, 7) is 31.1. The first-order valence-electron chi connectivity index (χ1n) is 16.4. The quantitative estimate of drug-likeness (QED) is 0.0479. The third-order valence-corrected chi connectivity index (χ3v) is 6.58. The summed E-state index contributed by atoms with van der Waals surface area (Å²) in [4.78, 5) is 7.41. The van der Waals surface area contributed by atoms with Crippen molar-refractivity contribution in [3.05, 3.63) is 0 Å². The van der Waals surface area contributed by atoms with Crippen molar-refractivity contribution in [1.82, 2.24) is 41.3 Å². The van der Waals surface area contributed by atoms with Gasteiger partial charge in [-0.2, -0.15) is 0 Å². The van der Waals surface area contributed by atoms with Crippen LogP contribution in [0.15, 0.2) is 0 Å². The van der Waals surface area contributed by atoms with Crippen molar-refractivity contribution in [2.24, 2.45) is 17.2 Å². The molecule has 0 spiro atoms. The lowest BCUT2D eigenvalue weighted by Crippen LogP contribution is -2.43. The van der Waals surface area contributed by atoms with Crippen molar-refractivity contribution in [2.45, 2.75) is 47.0 Å². The average molecular weight is 576 g/mol. The molecule has 0 aliphatic carbocycles. The molecule has 0 atom stereocenters.